The van der Waals surface area contributed by atoms with E-state index in [1.807, 2.05) is 13.8 Å². The van der Waals surface area contributed by atoms with E-state index in [4.69, 9.17) is 0 Å². The summed E-state index contributed by atoms with van der Waals surface area (Å²) in [5.41, 5.74) is 0.902. The Labute approximate surface area is 169 Å². The van der Waals surface area contributed by atoms with Crippen LogP contribution in [0.3, 0.4) is 0 Å². The number of nitrogens with one attached hydrogen (secondary N) is 2. The van der Waals surface area contributed by atoms with Gasteiger partial charge in [0.05, 0.1) is 4.90 Å². The van der Waals surface area contributed by atoms with Crippen LogP contribution < -0.4 is 10.6 Å². The Bertz CT molecular complexity index is 670. The average molecular weight is 418 g/mol. The second-order valence-electron chi connectivity index (χ2n) is 6.74. The Kier molecular flexibility index (Phi) is 10.3. The maximum Gasteiger partial charge on any atom is 0.243 e. The van der Waals surface area contributed by atoms with Crippen LogP contribution in [0.15, 0.2) is 29.2 Å². The molecule has 2 rings (SSSR count). The number of halogens is 1. The second-order valence-corrected chi connectivity index (χ2v) is 8.68. The standard InChI is InChI=1S/C19H31N3O3S.ClH/c1-3-22(4-2)26(24,25)18-8-5-17(6-9-18)15-21-19(23)10-7-16-11-13-20-14-12-16;/h5-6,8-9,16,20H,3-4,7,10-15H2,1-2H3,(H,21,23);1H. The summed E-state index contributed by atoms with van der Waals surface area (Å²) in [5.74, 6) is 0.704. The fourth-order valence-electron chi connectivity index (χ4n) is 3.29. The number of hydrogen-bond acceptors (Lipinski definition) is 4. The maximum atomic E-state index is 12.5. The fourth-order valence-corrected chi connectivity index (χ4v) is 4.74. The van der Waals surface area contributed by atoms with Crippen molar-refractivity contribution in [2.75, 3.05) is 26.2 Å². The quantitative estimate of drug-likeness (QED) is 0.647. The van der Waals surface area contributed by atoms with Gasteiger partial charge in [-0.1, -0.05) is 26.0 Å². The van der Waals surface area contributed by atoms with Crippen LogP contribution in [0, 0.1) is 5.92 Å². The van der Waals surface area contributed by atoms with Gasteiger partial charge in [0.15, 0.2) is 0 Å². The SMILES string of the molecule is CCN(CC)S(=O)(=O)c1ccc(CNC(=O)CCC2CCNCC2)cc1.Cl. The highest BCUT2D eigenvalue weighted by Gasteiger charge is 2.21. The van der Waals surface area contributed by atoms with Crippen LogP contribution in [0.5, 0.6) is 0 Å². The Morgan fingerprint density at radius 2 is 1.74 bits per heavy atom. The predicted octanol–water partition coefficient (Wildman–Crippen LogP) is 2.53. The molecule has 1 saturated heterocycles. The van der Waals surface area contributed by atoms with Crippen LogP contribution in [0.1, 0.15) is 45.1 Å². The molecule has 1 fully saturated rings. The molecule has 0 radical (unpaired) electrons. The van der Waals surface area contributed by atoms with Gasteiger partial charge in [-0.15, -0.1) is 12.4 Å². The van der Waals surface area contributed by atoms with E-state index in [9.17, 15) is 13.2 Å². The van der Waals surface area contributed by atoms with E-state index in [-0.39, 0.29) is 18.3 Å². The first-order valence-electron chi connectivity index (χ1n) is 9.53. The Morgan fingerprint density at radius 3 is 2.30 bits per heavy atom. The summed E-state index contributed by atoms with van der Waals surface area (Å²) in [5, 5.41) is 6.26. The third kappa shape index (κ3) is 7.07. The van der Waals surface area contributed by atoms with Crippen LogP contribution in [0.2, 0.25) is 0 Å². The topological polar surface area (TPSA) is 78.5 Å². The monoisotopic (exact) mass is 417 g/mol. The minimum atomic E-state index is -3.43. The molecular weight excluding hydrogens is 386 g/mol. The molecule has 0 spiro atoms. The highest BCUT2D eigenvalue weighted by Crippen LogP contribution is 2.18. The molecule has 2 N–H and O–H groups in total. The Hall–Kier alpha value is -1.15. The molecule has 1 aromatic carbocycles. The normalized spacial score (nSPS) is 15.4. The van der Waals surface area contributed by atoms with Crippen molar-refractivity contribution in [2.24, 2.45) is 5.92 Å². The van der Waals surface area contributed by atoms with Gasteiger partial charge >= 0.3 is 0 Å². The molecule has 1 aliphatic rings. The van der Waals surface area contributed by atoms with Gasteiger partial charge in [0.25, 0.3) is 0 Å². The number of nitrogens with zero attached hydrogens (tertiary/aromatic N) is 1. The van der Waals surface area contributed by atoms with Crippen LogP contribution in [-0.4, -0.2) is 44.8 Å². The lowest BCUT2D eigenvalue weighted by atomic mass is 9.93. The van der Waals surface area contributed by atoms with Crippen molar-refractivity contribution in [2.45, 2.75) is 51.0 Å². The van der Waals surface area contributed by atoms with Crippen molar-refractivity contribution < 1.29 is 13.2 Å². The highest BCUT2D eigenvalue weighted by atomic mass is 35.5. The van der Waals surface area contributed by atoms with Gasteiger partial charge in [0, 0.05) is 26.1 Å². The highest BCUT2D eigenvalue weighted by molar-refractivity contribution is 7.89. The minimum Gasteiger partial charge on any atom is -0.352 e. The summed E-state index contributed by atoms with van der Waals surface area (Å²) in [6, 6.07) is 6.77. The first-order valence-corrected chi connectivity index (χ1v) is 11.0. The smallest absolute Gasteiger partial charge is 0.243 e. The van der Waals surface area contributed by atoms with E-state index in [0.717, 1.165) is 37.9 Å². The van der Waals surface area contributed by atoms with Crippen molar-refractivity contribution in [1.29, 1.82) is 0 Å². The van der Waals surface area contributed by atoms with Crippen molar-refractivity contribution in [3.8, 4) is 0 Å². The van der Waals surface area contributed by atoms with Gasteiger partial charge in [-0.25, -0.2) is 8.42 Å². The van der Waals surface area contributed by atoms with E-state index < -0.39 is 10.0 Å². The van der Waals surface area contributed by atoms with Crippen molar-refractivity contribution >= 4 is 28.3 Å². The van der Waals surface area contributed by atoms with Crippen LogP contribution in [-0.2, 0) is 21.4 Å². The number of carbonyl (C=O) groups excluding carboxylic acids is 1. The largest absolute Gasteiger partial charge is 0.352 e. The zero-order valence-electron chi connectivity index (χ0n) is 16.2. The van der Waals surface area contributed by atoms with Crippen LogP contribution in [0.4, 0.5) is 0 Å². The second kappa shape index (κ2) is 11.6. The van der Waals surface area contributed by atoms with Gasteiger partial charge in [0.1, 0.15) is 0 Å². The molecule has 0 bridgehead atoms. The minimum absolute atomic E-state index is 0. The lowest BCUT2D eigenvalue weighted by molar-refractivity contribution is -0.121. The molecule has 6 nitrogen and oxygen atoms in total. The molecule has 1 aliphatic heterocycles. The van der Waals surface area contributed by atoms with Gasteiger partial charge in [-0.2, -0.15) is 4.31 Å². The van der Waals surface area contributed by atoms with E-state index >= 15 is 0 Å². The Balaban J connectivity index is 0.00000364. The number of carbonyl (C=O) groups is 1. The molecule has 27 heavy (non-hydrogen) atoms. The Morgan fingerprint density at radius 1 is 1.15 bits per heavy atom. The van der Waals surface area contributed by atoms with E-state index in [1.165, 1.54) is 4.31 Å². The maximum absolute atomic E-state index is 12.5. The molecule has 1 heterocycles. The first-order chi connectivity index (χ1) is 12.5. The zero-order valence-corrected chi connectivity index (χ0v) is 17.9. The summed E-state index contributed by atoms with van der Waals surface area (Å²) >= 11 is 0. The van der Waals surface area contributed by atoms with Crippen molar-refractivity contribution in [1.82, 2.24) is 14.9 Å². The van der Waals surface area contributed by atoms with E-state index in [0.29, 0.717) is 36.9 Å². The summed E-state index contributed by atoms with van der Waals surface area (Å²) in [6.45, 7) is 7.09. The fraction of sp³-hybridized carbons (Fsp3) is 0.632. The van der Waals surface area contributed by atoms with Gasteiger partial charge in [-0.05, 0) is 56.0 Å². The third-order valence-corrected chi connectivity index (χ3v) is 7.06. The molecule has 8 heteroatoms. The molecule has 0 saturated carbocycles. The van der Waals surface area contributed by atoms with E-state index in [1.54, 1.807) is 24.3 Å². The first kappa shape index (κ1) is 23.9. The number of sulfonamides is 1. The zero-order chi connectivity index (χ0) is 19.0. The summed E-state index contributed by atoms with van der Waals surface area (Å²) in [4.78, 5) is 12.3. The molecule has 0 aromatic heterocycles. The van der Waals surface area contributed by atoms with Crippen molar-refractivity contribution in [3.05, 3.63) is 29.8 Å². The molecule has 1 amide bonds. The number of amides is 1. The lowest BCUT2D eigenvalue weighted by Crippen LogP contribution is -2.30. The molecule has 0 unspecified atom stereocenters. The van der Waals surface area contributed by atoms with Gasteiger partial charge in [0.2, 0.25) is 15.9 Å². The third-order valence-electron chi connectivity index (χ3n) is 4.99. The number of benzene rings is 1. The molecule has 154 valence electrons. The van der Waals surface area contributed by atoms with Crippen molar-refractivity contribution in [3.63, 3.8) is 0 Å². The number of piperidine rings is 1. The van der Waals surface area contributed by atoms with Gasteiger partial charge in [-0.3, -0.25) is 4.79 Å². The molecule has 0 aliphatic carbocycles. The molecular formula is C19H32ClN3O3S. The predicted molar refractivity (Wildman–Crippen MR) is 110 cm³/mol. The summed E-state index contributed by atoms with van der Waals surface area (Å²) in [6.07, 6.45) is 3.79. The summed E-state index contributed by atoms with van der Waals surface area (Å²) < 4.78 is 26.4. The van der Waals surface area contributed by atoms with E-state index in [2.05, 4.69) is 10.6 Å². The van der Waals surface area contributed by atoms with Crippen LogP contribution >= 0.6 is 12.4 Å². The lowest BCUT2D eigenvalue weighted by Gasteiger charge is -2.22. The molecule has 0 atom stereocenters. The number of rotatable bonds is 9. The van der Waals surface area contributed by atoms with Crippen LogP contribution in [0.25, 0.3) is 0 Å². The van der Waals surface area contributed by atoms with Gasteiger partial charge < -0.3 is 10.6 Å². The summed E-state index contributed by atoms with van der Waals surface area (Å²) in [7, 11) is -3.43. The average Bonchev–Trinajstić information content (AvgIpc) is 2.66. The molecule has 1 aromatic rings. The number of hydrogen-bond donors (Lipinski definition) is 2.